The van der Waals surface area contributed by atoms with Gasteiger partial charge in [-0.15, -0.1) is 0 Å². The van der Waals surface area contributed by atoms with E-state index in [0.29, 0.717) is 20.9 Å². The maximum Gasteiger partial charge on any atom is 0.228 e. The van der Waals surface area contributed by atoms with Gasteiger partial charge in [-0.3, -0.25) is 4.79 Å². The molecule has 0 unspecified atom stereocenters. The number of carbonyl (C=O) groups is 1. The zero-order chi connectivity index (χ0) is 14.5. The van der Waals surface area contributed by atoms with Crippen LogP contribution < -0.4 is 10.1 Å². The first-order valence-corrected chi connectivity index (χ1v) is 7.14. The Morgan fingerprint density at radius 2 is 2.00 bits per heavy atom. The van der Waals surface area contributed by atoms with E-state index in [1.54, 1.807) is 25.3 Å². The summed E-state index contributed by atoms with van der Waals surface area (Å²) in [5.74, 6) is 0.574. The van der Waals surface area contributed by atoms with Gasteiger partial charge < -0.3 is 10.1 Å². The molecule has 104 valence electrons. The van der Waals surface area contributed by atoms with Crippen LogP contribution in [0.4, 0.5) is 5.69 Å². The number of carbonyl (C=O) groups excluding carboxylic acids is 1. The number of hydrogen-bond acceptors (Lipinski definition) is 2. The van der Waals surface area contributed by atoms with Gasteiger partial charge in [-0.05, 0) is 34.1 Å². The monoisotopic (exact) mass is 353 g/mol. The van der Waals surface area contributed by atoms with Gasteiger partial charge in [0.25, 0.3) is 0 Å². The van der Waals surface area contributed by atoms with Crippen LogP contribution in [0.15, 0.2) is 46.9 Å². The molecule has 2 aromatic carbocycles. The molecule has 0 saturated heterocycles. The number of amides is 1. The van der Waals surface area contributed by atoms with E-state index in [0.717, 1.165) is 5.56 Å². The lowest BCUT2D eigenvalue weighted by Crippen LogP contribution is -2.15. The Labute approximate surface area is 131 Å². The molecule has 20 heavy (non-hydrogen) atoms. The first kappa shape index (κ1) is 14.9. The van der Waals surface area contributed by atoms with E-state index in [1.165, 1.54) is 0 Å². The van der Waals surface area contributed by atoms with Crippen molar-refractivity contribution in [3.8, 4) is 5.75 Å². The molecule has 0 saturated carbocycles. The summed E-state index contributed by atoms with van der Waals surface area (Å²) in [4.78, 5) is 12.1. The number of hydrogen-bond donors (Lipinski definition) is 1. The zero-order valence-corrected chi connectivity index (χ0v) is 13.2. The van der Waals surface area contributed by atoms with Gasteiger partial charge in [-0.25, -0.2) is 0 Å². The lowest BCUT2D eigenvalue weighted by molar-refractivity contribution is -0.115. The summed E-state index contributed by atoms with van der Waals surface area (Å²) in [6.45, 7) is 0. The van der Waals surface area contributed by atoms with E-state index in [2.05, 4.69) is 21.2 Å². The minimum atomic E-state index is -0.127. The molecule has 1 N–H and O–H groups in total. The van der Waals surface area contributed by atoms with Gasteiger partial charge in [0.2, 0.25) is 5.91 Å². The number of nitrogens with one attached hydrogen (secondary N) is 1. The molecule has 0 radical (unpaired) electrons. The van der Waals surface area contributed by atoms with E-state index in [4.69, 9.17) is 16.3 Å². The lowest BCUT2D eigenvalue weighted by atomic mass is 10.1. The van der Waals surface area contributed by atoms with Crippen LogP contribution in [0.1, 0.15) is 5.56 Å². The summed E-state index contributed by atoms with van der Waals surface area (Å²) in [5, 5.41) is 3.38. The van der Waals surface area contributed by atoms with E-state index >= 15 is 0 Å². The van der Waals surface area contributed by atoms with Crippen molar-refractivity contribution in [1.29, 1.82) is 0 Å². The van der Waals surface area contributed by atoms with Crippen molar-refractivity contribution in [3.63, 3.8) is 0 Å². The highest BCUT2D eigenvalue weighted by atomic mass is 79.9. The molecule has 3 nitrogen and oxygen atoms in total. The molecule has 0 aromatic heterocycles. The Hall–Kier alpha value is -1.52. The van der Waals surface area contributed by atoms with Crippen molar-refractivity contribution in [2.45, 2.75) is 6.42 Å². The fraction of sp³-hybridized carbons (Fsp3) is 0.133. The number of benzene rings is 2. The number of anilines is 1. The first-order chi connectivity index (χ1) is 9.61. The van der Waals surface area contributed by atoms with Gasteiger partial charge in [0.15, 0.2) is 0 Å². The average Bonchev–Trinajstić information content (AvgIpc) is 2.44. The van der Waals surface area contributed by atoms with Crippen molar-refractivity contribution in [3.05, 3.63) is 57.5 Å². The second-order valence-electron chi connectivity index (χ2n) is 4.14. The molecule has 0 atom stereocenters. The molecule has 0 bridgehead atoms. The van der Waals surface area contributed by atoms with Crippen molar-refractivity contribution >= 4 is 39.1 Å². The molecular formula is C15H13BrClNO2. The van der Waals surface area contributed by atoms with Crippen LogP contribution in [0, 0.1) is 0 Å². The SMILES string of the molecule is COc1ccccc1CC(=O)Nc1cccc(Cl)c1Br. The van der Waals surface area contributed by atoms with Crippen LogP contribution in [0.3, 0.4) is 0 Å². The summed E-state index contributed by atoms with van der Waals surface area (Å²) >= 11 is 9.34. The molecule has 0 spiro atoms. The minimum Gasteiger partial charge on any atom is -0.496 e. The highest BCUT2D eigenvalue weighted by molar-refractivity contribution is 9.10. The first-order valence-electron chi connectivity index (χ1n) is 5.97. The third-order valence-electron chi connectivity index (χ3n) is 2.77. The van der Waals surface area contributed by atoms with Crippen LogP contribution in [-0.2, 0) is 11.2 Å². The predicted octanol–water partition coefficient (Wildman–Crippen LogP) is 4.29. The van der Waals surface area contributed by atoms with Gasteiger partial charge in [-0.2, -0.15) is 0 Å². The summed E-state index contributed by atoms with van der Waals surface area (Å²) in [6.07, 6.45) is 0.239. The van der Waals surface area contributed by atoms with Crippen LogP contribution in [0.25, 0.3) is 0 Å². The minimum absolute atomic E-state index is 0.127. The number of methoxy groups -OCH3 is 1. The Bertz CT molecular complexity index is 631. The molecule has 0 aliphatic rings. The molecular weight excluding hydrogens is 342 g/mol. The van der Waals surface area contributed by atoms with E-state index in [-0.39, 0.29) is 12.3 Å². The number of ether oxygens (including phenoxy) is 1. The fourth-order valence-electron chi connectivity index (χ4n) is 1.82. The van der Waals surface area contributed by atoms with E-state index in [1.807, 2.05) is 24.3 Å². The van der Waals surface area contributed by atoms with E-state index < -0.39 is 0 Å². The normalized spacial score (nSPS) is 10.2. The molecule has 0 heterocycles. The molecule has 2 rings (SSSR count). The number of rotatable bonds is 4. The van der Waals surface area contributed by atoms with Crippen molar-refractivity contribution in [2.24, 2.45) is 0 Å². The van der Waals surface area contributed by atoms with Gasteiger partial charge >= 0.3 is 0 Å². The maximum atomic E-state index is 12.1. The molecule has 1 amide bonds. The topological polar surface area (TPSA) is 38.3 Å². The van der Waals surface area contributed by atoms with Crippen molar-refractivity contribution < 1.29 is 9.53 Å². The molecule has 2 aromatic rings. The quantitative estimate of drug-likeness (QED) is 0.889. The van der Waals surface area contributed by atoms with Crippen LogP contribution >= 0.6 is 27.5 Å². The Balaban J connectivity index is 2.11. The standard InChI is InChI=1S/C15H13BrClNO2/c1-20-13-8-3-2-5-10(13)9-14(19)18-12-7-4-6-11(17)15(12)16/h2-8H,9H2,1H3,(H,18,19). The molecule has 0 fully saturated rings. The van der Waals surface area contributed by atoms with Crippen LogP contribution in [0.5, 0.6) is 5.75 Å². The summed E-state index contributed by atoms with van der Waals surface area (Å²) in [6, 6.07) is 12.8. The molecule has 0 aliphatic heterocycles. The van der Waals surface area contributed by atoms with Gasteiger partial charge in [0.1, 0.15) is 5.75 Å². The Morgan fingerprint density at radius 1 is 1.25 bits per heavy atom. The smallest absolute Gasteiger partial charge is 0.228 e. The Kier molecular flexibility index (Phi) is 5.04. The third kappa shape index (κ3) is 3.52. The van der Waals surface area contributed by atoms with Gasteiger partial charge in [0, 0.05) is 5.56 Å². The molecule has 5 heteroatoms. The maximum absolute atomic E-state index is 12.1. The largest absolute Gasteiger partial charge is 0.496 e. The van der Waals surface area contributed by atoms with Crippen molar-refractivity contribution in [2.75, 3.05) is 12.4 Å². The van der Waals surface area contributed by atoms with Gasteiger partial charge in [-0.1, -0.05) is 35.9 Å². The van der Waals surface area contributed by atoms with E-state index in [9.17, 15) is 4.79 Å². The second kappa shape index (κ2) is 6.77. The summed E-state index contributed by atoms with van der Waals surface area (Å²) in [7, 11) is 1.59. The number of halogens is 2. The summed E-state index contributed by atoms with van der Waals surface area (Å²) < 4.78 is 5.90. The average molecular weight is 355 g/mol. The van der Waals surface area contributed by atoms with Crippen LogP contribution in [-0.4, -0.2) is 13.0 Å². The molecule has 0 aliphatic carbocycles. The third-order valence-corrected chi connectivity index (χ3v) is 4.17. The lowest BCUT2D eigenvalue weighted by Gasteiger charge is -2.10. The summed E-state index contributed by atoms with van der Waals surface area (Å²) in [5.41, 5.74) is 1.49. The highest BCUT2D eigenvalue weighted by Crippen LogP contribution is 2.30. The predicted molar refractivity (Wildman–Crippen MR) is 84.5 cm³/mol. The highest BCUT2D eigenvalue weighted by Gasteiger charge is 2.11. The Morgan fingerprint density at radius 3 is 2.75 bits per heavy atom. The zero-order valence-electron chi connectivity index (χ0n) is 10.8. The fourth-order valence-corrected chi connectivity index (χ4v) is 2.35. The van der Waals surface area contributed by atoms with Gasteiger partial charge in [0.05, 0.1) is 28.7 Å². The van der Waals surface area contributed by atoms with Crippen LogP contribution in [0.2, 0.25) is 5.02 Å². The van der Waals surface area contributed by atoms with Crippen molar-refractivity contribution in [1.82, 2.24) is 0 Å². The number of para-hydroxylation sites is 1. The second-order valence-corrected chi connectivity index (χ2v) is 5.34.